The number of nitrogens with zero attached hydrogens (tertiary/aromatic N) is 2. The van der Waals surface area contributed by atoms with E-state index in [-0.39, 0.29) is 23.1 Å². The van der Waals surface area contributed by atoms with Crippen LogP contribution in [-0.2, 0) is 32.9 Å². The number of aryl methyl sites for hydroxylation is 2. The van der Waals surface area contributed by atoms with Gasteiger partial charge in [0.2, 0.25) is 20.0 Å². The molecule has 0 amide bonds. The van der Waals surface area contributed by atoms with E-state index < -0.39 is 20.0 Å². The summed E-state index contributed by atoms with van der Waals surface area (Å²) in [4.78, 5) is 33.5. The van der Waals surface area contributed by atoms with Gasteiger partial charge in [-0.25, -0.2) is 16.8 Å². The van der Waals surface area contributed by atoms with Crippen LogP contribution in [0.4, 0.5) is 11.4 Å². The summed E-state index contributed by atoms with van der Waals surface area (Å²) in [5, 5.41) is 1.16. The number of unbranched alkanes of at least 4 members (excludes halogenated alkanes) is 13. The Hall–Kier alpha value is -5.68. The van der Waals surface area contributed by atoms with Crippen molar-refractivity contribution in [1.82, 2.24) is 9.80 Å². The number of hydrogen-bond donors (Lipinski definition) is 2. The zero-order chi connectivity index (χ0) is 61.6. The van der Waals surface area contributed by atoms with Gasteiger partial charge in [0.15, 0.2) is 11.6 Å². The van der Waals surface area contributed by atoms with Crippen molar-refractivity contribution in [3.8, 4) is 11.5 Å². The first kappa shape index (κ1) is 69.4. The van der Waals surface area contributed by atoms with E-state index in [4.69, 9.17) is 18.3 Å². The first-order chi connectivity index (χ1) is 41.7. The van der Waals surface area contributed by atoms with Gasteiger partial charge in [-0.05, 0) is 175 Å². The fourth-order valence-corrected chi connectivity index (χ4v) is 13.2. The smallest absolute Gasteiger partial charge is 0.232 e. The molecule has 0 fully saturated rings. The normalized spacial score (nSPS) is 12.0. The van der Waals surface area contributed by atoms with E-state index in [1.54, 1.807) is 60.7 Å². The average Bonchev–Trinajstić information content (AvgIpc) is 2.60. The van der Waals surface area contributed by atoms with Gasteiger partial charge in [0.05, 0.1) is 35.8 Å². The van der Waals surface area contributed by atoms with E-state index in [0.717, 1.165) is 116 Å². The van der Waals surface area contributed by atoms with Crippen LogP contribution in [0.1, 0.15) is 226 Å². The van der Waals surface area contributed by atoms with Gasteiger partial charge in [-0.15, -0.1) is 0 Å². The molecule has 0 saturated heterocycles. The maximum absolute atomic E-state index is 14.2. The average molecular weight is 1220 g/mol. The van der Waals surface area contributed by atoms with E-state index in [9.17, 15) is 26.4 Å². The summed E-state index contributed by atoms with van der Waals surface area (Å²) in [7, 11) is -7.35. The Balaban J connectivity index is 0.924. The molecule has 2 N–H and O–H groups in total. The molecule has 16 heteroatoms. The van der Waals surface area contributed by atoms with E-state index in [1.807, 2.05) is 24.3 Å². The Morgan fingerprint density at radius 2 is 0.733 bits per heavy atom. The molecule has 0 aliphatic rings. The Kier molecular flexibility index (Phi) is 30.1. The molecule has 2 aromatic heterocycles. The summed E-state index contributed by atoms with van der Waals surface area (Å²) in [6, 6.07) is 24.8. The number of hydrogen-bond acceptors (Lipinski definition) is 12. The van der Waals surface area contributed by atoms with Gasteiger partial charge >= 0.3 is 0 Å². The first-order valence-corrected chi connectivity index (χ1v) is 36.1. The number of furan rings is 2. The van der Waals surface area contributed by atoms with Crippen molar-refractivity contribution in [1.29, 1.82) is 0 Å². The van der Waals surface area contributed by atoms with Crippen LogP contribution in [-0.4, -0.2) is 102 Å². The lowest BCUT2D eigenvalue weighted by Crippen LogP contribution is -2.28. The predicted octanol–water partition coefficient (Wildman–Crippen LogP) is 17.0. The molecule has 0 atom stereocenters. The summed E-state index contributed by atoms with van der Waals surface area (Å²) in [6.45, 7) is 20.7. The minimum absolute atomic E-state index is 0.0356. The zero-order valence-electron chi connectivity index (χ0n) is 52.9. The van der Waals surface area contributed by atoms with Crippen LogP contribution in [0.5, 0.6) is 11.5 Å². The number of anilines is 2. The number of nitrogens with one attached hydrogen (secondary N) is 2. The maximum atomic E-state index is 14.2. The molecule has 6 rings (SSSR count). The molecule has 0 aliphatic carbocycles. The van der Waals surface area contributed by atoms with Crippen LogP contribution in [0.2, 0.25) is 0 Å². The SMILES string of the molecule is CCCCc1oc2ccc(NS(=O)(=O)CCCCCCCCCCS(=O)(=O)Nc3ccc4oc(CCCC)c(C(=O)c5ccc(OCCCN(CCCC)CCCC)cc5)c4c3)cc2c1C(=O)c1ccc(OCCCN(CCCC)CCCC)cc1. The second-order valence-corrected chi connectivity index (χ2v) is 27.0. The quantitative estimate of drug-likeness (QED) is 0.0273. The van der Waals surface area contributed by atoms with Crippen molar-refractivity contribution < 1.29 is 44.7 Å². The molecule has 4 aromatic carbocycles. The largest absolute Gasteiger partial charge is 0.494 e. The number of sulfonamides is 2. The number of rotatable bonds is 47. The maximum Gasteiger partial charge on any atom is 0.232 e. The van der Waals surface area contributed by atoms with Crippen LogP contribution in [0.25, 0.3) is 21.9 Å². The molecule has 0 aliphatic heterocycles. The molecule has 14 nitrogen and oxygen atoms in total. The van der Waals surface area contributed by atoms with Gasteiger partial charge in [0, 0.05) is 59.2 Å². The number of ketones is 2. The Morgan fingerprint density at radius 1 is 0.407 bits per heavy atom. The van der Waals surface area contributed by atoms with Gasteiger partial charge in [-0.3, -0.25) is 19.0 Å². The molecule has 0 radical (unpaired) electrons. The lowest BCUT2D eigenvalue weighted by Gasteiger charge is -2.21. The van der Waals surface area contributed by atoms with E-state index >= 15 is 0 Å². The molecule has 0 bridgehead atoms. The summed E-state index contributed by atoms with van der Waals surface area (Å²) in [5.41, 5.74) is 3.77. The highest BCUT2D eigenvalue weighted by Gasteiger charge is 2.25. The minimum atomic E-state index is -3.68. The number of carbonyl (C=O) groups is 2. The lowest BCUT2D eigenvalue weighted by atomic mass is 9.98. The standard InChI is InChI=1S/C70H102N4O10S2/c1-7-13-29-65-67(69(75)55-31-37-59(38-32-55)81-49-27-47-73(43-15-9-3)44-16-10-4)61-53-57(35-41-63(61)83-65)71-85(77,78)51-25-23-21-19-20-22-24-26-52-86(79,80)72-58-36-42-64-62(54-58)68(66(84-64)30-14-8-2)70(76)56-33-39-60(40-34-56)82-50-28-48-74(45-17-11-5)46-18-12-6/h31-42,53-54,71-72H,7-30,43-52H2,1-6H3. The van der Waals surface area contributed by atoms with Crippen molar-refractivity contribution in [2.75, 3.05) is 73.4 Å². The highest BCUT2D eigenvalue weighted by Crippen LogP contribution is 2.34. The molecule has 2 heterocycles. The zero-order valence-corrected chi connectivity index (χ0v) is 54.6. The molecular formula is C70H102N4O10S2. The number of carbonyl (C=O) groups excluding carboxylic acids is 2. The highest BCUT2D eigenvalue weighted by molar-refractivity contribution is 7.92. The minimum Gasteiger partial charge on any atom is -0.494 e. The molecular weight excluding hydrogens is 1120 g/mol. The molecule has 0 unspecified atom stereocenters. The van der Waals surface area contributed by atoms with Crippen molar-refractivity contribution in [3.05, 3.63) is 119 Å². The highest BCUT2D eigenvalue weighted by atomic mass is 32.2. The molecule has 0 spiro atoms. The van der Waals surface area contributed by atoms with Crippen LogP contribution in [0.3, 0.4) is 0 Å². The van der Waals surface area contributed by atoms with Crippen molar-refractivity contribution in [2.45, 2.75) is 196 Å². The predicted molar refractivity (Wildman–Crippen MR) is 354 cm³/mol. The summed E-state index contributed by atoms with van der Waals surface area (Å²) < 4.78 is 83.6. The molecule has 0 saturated carbocycles. The van der Waals surface area contributed by atoms with Crippen LogP contribution < -0.4 is 18.9 Å². The third-order valence-electron chi connectivity index (χ3n) is 15.9. The summed E-state index contributed by atoms with van der Waals surface area (Å²) in [5.74, 6) is 2.21. The lowest BCUT2D eigenvalue weighted by molar-refractivity contribution is 0.103. The monoisotopic (exact) mass is 1220 g/mol. The van der Waals surface area contributed by atoms with Gasteiger partial charge in [0.1, 0.15) is 34.2 Å². The van der Waals surface area contributed by atoms with Gasteiger partial charge in [-0.2, -0.15) is 0 Å². The Labute approximate surface area is 516 Å². The van der Waals surface area contributed by atoms with Gasteiger partial charge in [0.25, 0.3) is 0 Å². The van der Waals surface area contributed by atoms with Gasteiger partial charge < -0.3 is 28.1 Å². The van der Waals surface area contributed by atoms with E-state index in [0.29, 0.717) is 117 Å². The number of fused-ring (bicyclic) bond motifs is 2. The number of ether oxygens (including phenoxy) is 2. The van der Waals surface area contributed by atoms with Crippen LogP contribution in [0, 0.1) is 0 Å². The van der Waals surface area contributed by atoms with Crippen molar-refractivity contribution >= 4 is 64.9 Å². The van der Waals surface area contributed by atoms with Gasteiger partial charge in [-0.1, -0.05) is 119 Å². The Morgan fingerprint density at radius 3 is 1.07 bits per heavy atom. The second kappa shape index (κ2) is 37.2. The van der Waals surface area contributed by atoms with Crippen LogP contribution >= 0.6 is 0 Å². The third-order valence-corrected chi connectivity index (χ3v) is 18.7. The topological polar surface area (TPSA) is 178 Å². The molecule has 474 valence electrons. The Bertz CT molecular complexity index is 2960. The number of benzene rings is 4. The second-order valence-electron chi connectivity index (χ2n) is 23.3. The molecule has 86 heavy (non-hydrogen) atoms. The van der Waals surface area contributed by atoms with E-state index in [2.05, 4.69) is 60.8 Å². The first-order valence-electron chi connectivity index (χ1n) is 32.8. The third kappa shape index (κ3) is 22.8. The van der Waals surface area contributed by atoms with Crippen LogP contribution in [0.15, 0.2) is 93.8 Å². The van der Waals surface area contributed by atoms with E-state index in [1.165, 1.54) is 51.4 Å². The van der Waals surface area contributed by atoms with Crippen molar-refractivity contribution in [2.24, 2.45) is 0 Å². The fraction of sp³-hybridized carbons (Fsp3) is 0.571. The molecule has 6 aromatic rings. The van der Waals surface area contributed by atoms with Crippen molar-refractivity contribution in [3.63, 3.8) is 0 Å². The summed E-state index contributed by atoms with van der Waals surface area (Å²) >= 11 is 0. The summed E-state index contributed by atoms with van der Waals surface area (Å²) in [6.07, 6.45) is 22.2. The fourth-order valence-electron chi connectivity index (χ4n) is 10.9.